The second kappa shape index (κ2) is 11.4. The lowest BCUT2D eigenvalue weighted by atomic mass is 9.99. The topological polar surface area (TPSA) is 71.1 Å². The van der Waals surface area contributed by atoms with Crippen molar-refractivity contribution in [2.75, 3.05) is 0 Å². The Labute approximate surface area is 145 Å². The molecule has 0 aromatic heterocycles. The zero-order valence-corrected chi connectivity index (χ0v) is 15.3. The molecule has 0 N–H and O–H groups in total. The van der Waals surface area contributed by atoms with Gasteiger partial charge in [0.25, 0.3) is 0 Å². The summed E-state index contributed by atoms with van der Waals surface area (Å²) >= 11 is 0. The van der Waals surface area contributed by atoms with Gasteiger partial charge in [-0.2, -0.15) is 4.89 Å². The van der Waals surface area contributed by atoms with Gasteiger partial charge in [0.2, 0.25) is 0 Å². The van der Waals surface area contributed by atoms with Crippen LogP contribution in [0.3, 0.4) is 0 Å². The van der Waals surface area contributed by atoms with Crippen LogP contribution in [0.2, 0.25) is 0 Å². The molecule has 0 heterocycles. The minimum atomic E-state index is -1.19. The van der Waals surface area contributed by atoms with E-state index in [0.29, 0.717) is 0 Å². The highest BCUT2D eigenvalue weighted by Crippen LogP contribution is 2.19. The molecule has 6 nitrogen and oxygen atoms in total. The van der Waals surface area contributed by atoms with Crippen molar-refractivity contribution in [2.24, 2.45) is 0 Å². The fraction of sp³-hybridized carbons (Fsp3) is 0.889. The van der Waals surface area contributed by atoms with Gasteiger partial charge in [0.15, 0.2) is 0 Å². The van der Waals surface area contributed by atoms with Gasteiger partial charge in [-0.25, -0.2) is 9.59 Å². The second-order valence-corrected chi connectivity index (χ2v) is 7.42. The molecule has 0 aromatic carbocycles. The van der Waals surface area contributed by atoms with Crippen molar-refractivity contribution in [1.82, 2.24) is 0 Å². The van der Waals surface area contributed by atoms with Crippen LogP contribution in [-0.4, -0.2) is 23.6 Å². The summed E-state index contributed by atoms with van der Waals surface area (Å²) in [5.41, 5.74) is -0.641. The Bertz CT molecular complexity index is 362. The molecule has 1 saturated carbocycles. The van der Waals surface area contributed by atoms with Crippen LogP contribution in [0.5, 0.6) is 0 Å². The first kappa shape index (κ1) is 20.9. The van der Waals surface area contributed by atoms with Gasteiger partial charge in [-0.3, -0.25) is 4.89 Å². The monoisotopic (exact) mass is 344 g/mol. The summed E-state index contributed by atoms with van der Waals surface area (Å²) in [6, 6.07) is 0. The molecule has 1 aliphatic rings. The van der Waals surface area contributed by atoms with E-state index in [-0.39, 0.29) is 6.10 Å². The van der Waals surface area contributed by atoms with Crippen LogP contribution < -0.4 is 0 Å². The molecule has 0 aromatic rings. The zero-order chi connectivity index (χ0) is 17.8. The van der Waals surface area contributed by atoms with E-state index in [1.54, 1.807) is 20.8 Å². The van der Waals surface area contributed by atoms with Crippen molar-refractivity contribution in [1.29, 1.82) is 0 Å². The molecule has 0 atom stereocenters. The van der Waals surface area contributed by atoms with Gasteiger partial charge in [-0.05, 0) is 51.5 Å². The van der Waals surface area contributed by atoms with Crippen LogP contribution in [0.15, 0.2) is 0 Å². The number of carbonyl (C=O) groups is 2. The molecular formula is C18H32O6. The van der Waals surface area contributed by atoms with Gasteiger partial charge in [-0.15, -0.1) is 0 Å². The maximum Gasteiger partial charge on any atom is 0.453 e. The lowest BCUT2D eigenvalue weighted by Gasteiger charge is -2.18. The third-order valence-corrected chi connectivity index (χ3v) is 3.89. The Morgan fingerprint density at radius 1 is 0.750 bits per heavy atom. The smallest absolute Gasteiger partial charge is 0.453 e. The van der Waals surface area contributed by atoms with E-state index in [1.807, 2.05) is 0 Å². The third kappa shape index (κ3) is 10.6. The summed E-state index contributed by atoms with van der Waals surface area (Å²) in [5.74, 6) is -2.21. The number of carbonyl (C=O) groups excluding carboxylic acids is 2. The van der Waals surface area contributed by atoms with E-state index in [9.17, 15) is 9.59 Å². The highest BCUT2D eigenvalue weighted by Gasteiger charge is 2.25. The lowest BCUT2D eigenvalue weighted by molar-refractivity contribution is -0.513. The van der Waals surface area contributed by atoms with E-state index >= 15 is 0 Å². The van der Waals surface area contributed by atoms with Crippen molar-refractivity contribution >= 4 is 11.9 Å². The summed E-state index contributed by atoms with van der Waals surface area (Å²) in [5, 5.41) is 4.33. The second-order valence-electron chi connectivity index (χ2n) is 7.42. The SMILES string of the molecule is CC(C)(C)OOOC(=O)C(=O)OC1CCCCCCCCCCC1. The summed E-state index contributed by atoms with van der Waals surface area (Å²) in [7, 11) is 0. The van der Waals surface area contributed by atoms with Crippen LogP contribution in [0.4, 0.5) is 0 Å². The van der Waals surface area contributed by atoms with Crippen molar-refractivity contribution in [3.05, 3.63) is 0 Å². The van der Waals surface area contributed by atoms with Crippen molar-refractivity contribution < 1.29 is 29.1 Å². The standard InChI is InChI=1S/C18H32O6/c1-18(2,3)23-24-22-17(20)16(19)21-15-13-11-9-7-5-4-6-8-10-12-14-15/h15H,4-14H2,1-3H3. The van der Waals surface area contributed by atoms with Gasteiger partial charge in [0.1, 0.15) is 6.10 Å². The maximum atomic E-state index is 11.8. The van der Waals surface area contributed by atoms with Crippen LogP contribution in [0.1, 0.15) is 91.4 Å². The van der Waals surface area contributed by atoms with Gasteiger partial charge >= 0.3 is 11.9 Å². The van der Waals surface area contributed by atoms with Crippen molar-refractivity contribution in [3.8, 4) is 0 Å². The number of hydrogen-bond donors (Lipinski definition) is 0. The molecule has 0 bridgehead atoms. The molecule has 1 aliphatic carbocycles. The number of hydrogen-bond acceptors (Lipinski definition) is 6. The molecule has 140 valence electrons. The largest absolute Gasteiger partial charge is 0.454 e. The van der Waals surface area contributed by atoms with Crippen molar-refractivity contribution in [3.63, 3.8) is 0 Å². The molecule has 0 radical (unpaired) electrons. The molecule has 0 saturated heterocycles. The summed E-state index contributed by atoms with van der Waals surface area (Å²) in [4.78, 5) is 32.5. The van der Waals surface area contributed by atoms with Gasteiger partial charge in [0.05, 0.1) is 5.60 Å². The third-order valence-electron chi connectivity index (χ3n) is 3.89. The van der Waals surface area contributed by atoms with Crippen LogP contribution in [0, 0.1) is 0 Å². The summed E-state index contributed by atoms with van der Waals surface area (Å²) in [6.45, 7) is 5.18. The Morgan fingerprint density at radius 3 is 1.67 bits per heavy atom. The molecule has 1 fully saturated rings. The first-order chi connectivity index (χ1) is 11.4. The first-order valence-electron chi connectivity index (χ1n) is 9.16. The highest BCUT2D eigenvalue weighted by molar-refractivity contribution is 6.29. The normalized spacial score (nSPS) is 19.0. The Kier molecular flexibility index (Phi) is 9.95. The van der Waals surface area contributed by atoms with Crippen LogP contribution >= 0.6 is 0 Å². The first-order valence-corrected chi connectivity index (χ1v) is 9.16. The van der Waals surface area contributed by atoms with E-state index in [2.05, 4.69) is 9.93 Å². The zero-order valence-electron chi connectivity index (χ0n) is 15.3. The molecule has 24 heavy (non-hydrogen) atoms. The van der Waals surface area contributed by atoms with Gasteiger partial charge in [-0.1, -0.05) is 44.9 Å². The fourth-order valence-electron chi connectivity index (χ4n) is 2.63. The average molecular weight is 344 g/mol. The number of rotatable bonds is 3. The molecule has 0 aliphatic heterocycles. The molecule has 0 amide bonds. The van der Waals surface area contributed by atoms with E-state index in [1.165, 1.54) is 32.1 Å². The molecule has 1 rings (SSSR count). The van der Waals surface area contributed by atoms with E-state index in [4.69, 9.17) is 9.62 Å². The quantitative estimate of drug-likeness (QED) is 0.327. The predicted molar refractivity (Wildman–Crippen MR) is 88.7 cm³/mol. The van der Waals surface area contributed by atoms with Crippen LogP contribution in [-0.2, 0) is 29.1 Å². The van der Waals surface area contributed by atoms with E-state index < -0.39 is 17.5 Å². The summed E-state index contributed by atoms with van der Waals surface area (Å²) in [6.07, 6.45) is 12.0. The van der Waals surface area contributed by atoms with Crippen LogP contribution in [0.25, 0.3) is 0 Å². The molecule has 0 spiro atoms. The fourth-order valence-corrected chi connectivity index (χ4v) is 2.63. The lowest BCUT2D eigenvalue weighted by Crippen LogP contribution is -2.28. The Hall–Kier alpha value is -1.14. The van der Waals surface area contributed by atoms with Gasteiger partial charge < -0.3 is 4.74 Å². The summed E-state index contributed by atoms with van der Waals surface area (Å²) < 4.78 is 5.29. The van der Waals surface area contributed by atoms with E-state index in [0.717, 1.165) is 38.5 Å². The minimum Gasteiger partial charge on any atom is -0.454 e. The number of ether oxygens (including phenoxy) is 1. The molecule has 6 heteroatoms. The predicted octanol–water partition coefficient (Wildman–Crippen LogP) is 4.41. The average Bonchev–Trinajstić information content (AvgIpc) is 2.48. The molecular weight excluding hydrogens is 312 g/mol. The van der Waals surface area contributed by atoms with Crippen molar-refractivity contribution in [2.45, 2.75) is 103 Å². The molecule has 0 unspecified atom stereocenters. The highest BCUT2D eigenvalue weighted by atomic mass is 17.5. The Morgan fingerprint density at radius 2 is 1.21 bits per heavy atom. The maximum absolute atomic E-state index is 11.8. The Balaban J connectivity index is 2.35. The number of esters is 1. The minimum absolute atomic E-state index is 0.229. The van der Waals surface area contributed by atoms with Gasteiger partial charge in [0, 0.05) is 0 Å².